The maximum Gasteiger partial charge on any atom is 0.337 e. The highest BCUT2D eigenvalue weighted by Gasteiger charge is 2.31. The van der Waals surface area contributed by atoms with Gasteiger partial charge >= 0.3 is 12.0 Å². The van der Waals surface area contributed by atoms with Gasteiger partial charge in [0, 0.05) is 5.56 Å². The van der Waals surface area contributed by atoms with Gasteiger partial charge in [-0.2, -0.15) is 5.10 Å². The van der Waals surface area contributed by atoms with Crippen molar-refractivity contribution in [2.45, 2.75) is 59.0 Å². The van der Waals surface area contributed by atoms with E-state index in [-0.39, 0.29) is 0 Å². The molecule has 1 unspecified atom stereocenters. The standard InChI is InChI=1S/C20H30N6O3Si/c1-14(21-23-19(28)24-30(5,6)7)17(18(27)29-20(2,3)4)26-13-16(22-25-26)15-11-9-8-10-12-15/h8-13,17H,1-7H3,(H2,23,24,28)/b21-14+. The first-order chi connectivity index (χ1) is 13.9. The molecule has 2 aromatic rings. The van der Waals surface area contributed by atoms with Gasteiger partial charge in [0.1, 0.15) is 19.5 Å². The van der Waals surface area contributed by atoms with Crippen LogP contribution in [0, 0.1) is 0 Å². The summed E-state index contributed by atoms with van der Waals surface area (Å²) in [5.74, 6) is -0.541. The van der Waals surface area contributed by atoms with Crippen LogP contribution in [-0.2, 0) is 9.53 Å². The van der Waals surface area contributed by atoms with Gasteiger partial charge in [0.05, 0.1) is 11.9 Å². The third kappa shape index (κ3) is 7.10. The molecule has 0 saturated heterocycles. The number of carbonyl (C=O) groups excluding carboxylic acids is 2. The Hall–Kier alpha value is -3.01. The summed E-state index contributed by atoms with van der Waals surface area (Å²) in [5, 5.41) is 12.4. The number of ether oxygens (including phenoxy) is 1. The molecule has 0 saturated carbocycles. The van der Waals surface area contributed by atoms with Gasteiger partial charge < -0.3 is 9.72 Å². The first kappa shape index (κ1) is 23.3. The summed E-state index contributed by atoms with van der Waals surface area (Å²) in [6.07, 6.45) is 1.66. The molecular weight excluding hydrogens is 400 g/mol. The number of urea groups is 1. The Morgan fingerprint density at radius 3 is 2.37 bits per heavy atom. The molecule has 0 radical (unpaired) electrons. The molecule has 2 N–H and O–H groups in total. The molecule has 0 spiro atoms. The summed E-state index contributed by atoms with van der Waals surface area (Å²) >= 11 is 0. The van der Waals surface area contributed by atoms with Crippen LogP contribution < -0.4 is 10.4 Å². The second-order valence-electron chi connectivity index (χ2n) is 8.95. The predicted molar refractivity (Wildman–Crippen MR) is 118 cm³/mol. The summed E-state index contributed by atoms with van der Waals surface area (Å²) in [6, 6.07) is 8.12. The molecule has 0 aliphatic carbocycles. The van der Waals surface area contributed by atoms with Crippen molar-refractivity contribution in [1.29, 1.82) is 0 Å². The first-order valence-electron chi connectivity index (χ1n) is 9.68. The van der Waals surface area contributed by atoms with Crippen molar-refractivity contribution < 1.29 is 14.3 Å². The van der Waals surface area contributed by atoms with E-state index in [1.54, 1.807) is 33.9 Å². The van der Waals surface area contributed by atoms with Crippen molar-refractivity contribution in [3.05, 3.63) is 36.5 Å². The average Bonchev–Trinajstić information content (AvgIpc) is 3.07. The molecule has 0 aliphatic rings. The Labute approximate surface area is 178 Å². The summed E-state index contributed by atoms with van der Waals surface area (Å²) in [5.41, 5.74) is 3.56. The average molecular weight is 431 g/mol. The van der Waals surface area contributed by atoms with Crippen LogP contribution in [0.5, 0.6) is 0 Å². The fourth-order valence-corrected chi connectivity index (χ4v) is 3.28. The number of amides is 2. The fourth-order valence-electron chi connectivity index (χ4n) is 2.54. The molecule has 2 amide bonds. The Bertz CT molecular complexity index is 913. The van der Waals surface area contributed by atoms with Gasteiger partial charge in [-0.05, 0) is 27.7 Å². The zero-order valence-corrected chi connectivity index (χ0v) is 19.6. The molecule has 0 fully saturated rings. The van der Waals surface area contributed by atoms with Crippen LogP contribution in [-0.4, -0.2) is 46.5 Å². The summed E-state index contributed by atoms with van der Waals surface area (Å²) in [7, 11) is -1.82. The summed E-state index contributed by atoms with van der Waals surface area (Å²) < 4.78 is 6.94. The van der Waals surface area contributed by atoms with Crippen molar-refractivity contribution in [3.63, 3.8) is 0 Å². The second kappa shape index (κ2) is 9.20. The molecule has 162 valence electrons. The molecule has 2 rings (SSSR count). The monoisotopic (exact) mass is 430 g/mol. The minimum Gasteiger partial charge on any atom is -0.458 e. The van der Waals surface area contributed by atoms with E-state index in [9.17, 15) is 9.59 Å². The van der Waals surface area contributed by atoms with Gasteiger partial charge in [0.2, 0.25) is 0 Å². The van der Waals surface area contributed by atoms with Crippen LogP contribution in [0.4, 0.5) is 4.79 Å². The van der Waals surface area contributed by atoms with Gasteiger partial charge in [-0.1, -0.05) is 55.2 Å². The quantitative estimate of drug-likeness (QED) is 0.316. The van der Waals surface area contributed by atoms with Crippen LogP contribution in [0.3, 0.4) is 0 Å². The van der Waals surface area contributed by atoms with Crippen molar-refractivity contribution in [3.8, 4) is 11.3 Å². The lowest BCUT2D eigenvalue weighted by Crippen LogP contribution is -2.49. The highest BCUT2D eigenvalue weighted by molar-refractivity contribution is 6.75. The lowest BCUT2D eigenvalue weighted by molar-refractivity contribution is -0.157. The van der Waals surface area contributed by atoms with Gasteiger partial charge in [-0.15, -0.1) is 5.10 Å². The molecule has 0 bridgehead atoms. The van der Waals surface area contributed by atoms with Gasteiger partial charge in [0.25, 0.3) is 0 Å². The fraction of sp³-hybridized carbons (Fsp3) is 0.450. The van der Waals surface area contributed by atoms with Crippen molar-refractivity contribution in [1.82, 2.24) is 25.4 Å². The maximum absolute atomic E-state index is 12.9. The smallest absolute Gasteiger partial charge is 0.337 e. The number of nitrogens with zero attached hydrogens (tertiary/aromatic N) is 4. The molecule has 1 aromatic heterocycles. The zero-order valence-electron chi connectivity index (χ0n) is 18.6. The number of hydrazone groups is 1. The Morgan fingerprint density at radius 1 is 1.17 bits per heavy atom. The number of esters is 1. The molecular formula is C20H30N6O3Si. The van der Waals surface area contributed by atoms with E-state index in [0.29, 0.717) is 11.4 Å². The highest BCUT2D eigenvalue weighted by Crippen LogP contribution is 2.20. The number of nitrogens with one attached hydrogen (secondary N) is 2. The number of aromatic nitrogens is 3. The Balaban J connectivity index is 2.31. The third-order valence-electron chi connectivity index (χ3n) is 3.69. The normalized spacial score (nSPS) is 13.5. The third-order valence-corrected chi connectivity index (χ3v) is 4.67. The Kier molecular flexibility index (Phi) is 7.14. The lowest BCUT2D eigenvalue weighted by atomic mass is 10.1. The molecule has 9 nitrogen and oxygen atoms in total. The maximum atomic E-state index is 12.9. The molecule has 1 atom stereocenters. The van der Waals surface area contributed by atoms with Crippen molar-refractivity contribution in [2.24, 2.45) is 5.10 Å². The lowest BCUT2D eigenvalue weighted by Gasteiger charge is -2.24. The Morgan fingerprint density at radius 2 is 1.80 bits per heavy atom. The number of carbonyl (C=O) groups is 2. The van der Waals surface area contributed by atoms with E-state index >= 15 is 0 Å². The largest absolute Gasteiger partial charge is 0.458 e. The topological polar surface area (TPSA) is 110 Å². The second-order valence-corrected chi connectivity index (χ2v) is 13.7. The van der Waals surface area contributed by atoms with Crippen LogP contribution in [0.15, 0.2) is 41.6 Å². The number of hydrogen-bond acceptors (Lipinski definition) is 6. The number of hydrogen-bond donors (Lipinski definition) is 2. The van der Waals surface area contributed by atoms with Crippen molar-refractivity contribution in [2.75, 3.05) is 0 Å². The van der Waals surface area contributed by atoms with Gasteiger partial charge in [-0.25, -0.2) is 19.7 Å². The van der Waals surface area contributed by atoms with Crippen LogP contribution in [0.1, 0.15) is 33.7 Å². The molecule has 30 heavy (non-hydrogen) atoms. The van der Waals surface area contributed by atoms with Gasteiger partial charge in [-0.3, -0.25) is 0 Å². The van der Waals surface area contributed by atoms with Crippen molar-refractivity contribution >= 4 is 25.9 Å². The van der Waals surface area contributed by atoms with Crippen LogP contribution in [0.25, 0.3) is 11.3 Å². The van der Waals surface area contributed by atoms with E-state index in [0.717, 1.165) is 5.56 Å². The molecule has 0 aliphatic heterocycles. The molecule has 1 heterocycles. The number of benzene rings is 1. The predicted octanol–water partition coefficient (Wildman–Crippen LogP) is 3.34. The van der Waals surface area contributed by atoms with Crippen LogP contribution >= 0.6 is 0 Å². The van der Waals surface area contributed by atoms with E-state index in [1.807, 2.05) is 50.0 Å². The van der Waals surface area contributed by atoms with Gasteiger partial charge in [0.15, 0.2) is 6.04 Å². The van der Waals surface area contributed by atoms with E-state index in [2.05, 4.69) is 25.8 Å². The summed E-state index contributed by atoms with van der Waals surface area (Å²) in [6.45, 7) is 13.0. The molecule has 1 aromatic carbocycles. The van der Waals surface area contributed by atoms with Crippen LogP contribution in [0.2, 0.25) is 19.6 Å². The number of rotatable bonds is 6. The zero-order chi connectivity index (χ0) is 22.5. The highest BCUT2D eigenvalue weighted by atomic mass is 28.3. The van der Waals surface area contributed by atoms with E-state index in [1.165, 1.54) is 4.68 Å². The van der Waals surface area contributed by atoms with E-state index < -0.39 is 31.9 Å². The SMILES string of the molecule is C/C(=N\NC(=O)N[Si](C)(C)C)C(C(=O)OC(C)(C)C)n1cc(-c2ccccc2)nn1. The summed E-state index contributed by atoms with van der Waals surface area (Å²) in [4.78, 5) is 27.8. The minimum absolute atomic E-state index is 0.319. The van der Waals surface area contributed by atoms with E-state index in [4.69, 9.17) is 4.74 Å². The minimum atomic E-state index is -1.82. The first-order valence-corrected chi connectivity index (χ1v) is 13.2. The molecule has 10 heteroatoms.